The van der Waals surface area contributed by atoms with E-state index in [2.05, 4.69) is 5.32 Å². The molecule has 32 heavy (non-hydrogen) atoms. The van der Waals surface area contributed by atoms with Crippen molar-refractivity contribution in [2.24, 2.45) is 5.92 Å². The van der Waals surface area contributed by atoms with Crippen molar-refractivity contribution < 1.29 is 28.7 Å². The Morgan fingerprint density at radius 1 is 1.09 bits per heavy atom. The molecule has 1 heterocycles. The van der Waals surface area contributed by atoms with Gasteiger partial charge in [0.1, 0.15) is 0 Å². The van der Waals surface area contributed by atoms with Crippen molar-refractivity contribution in [1.82, 2.24) is 0 Å². The van der Waals surface area contributed by atoms with E-state index in [1.165, 1.54) is 4.90 Å². The molecule has 1 fully saturated rings. The molecule has 1 atom stereocenters. The number of nitrogens with one attached hydrogen (secondary N) is 1. The fourth-order valence-corrected chi connectivity index (χ4v) is 3.29. The lowest BCUT2D eigenvalue weighted by atomic mass is 10.1. The Labute approximate surface area is 190 Å². The van der Waals surface area contributed by atoms with Gasteiger partial charge in [0.05, 0.1) is 17.6 Å². The number of hydrogen-bond acceptors (Lipinski definition) is 6. The molecule has 0 unspecified atom stereocenters. The van der Waals surface area contributed by atoms with Gasteiger partial charge in [-0.15, -0.1) is 0 Å². The summed E-state index contributed by atoms with van der Waals surface area (Å²) >= 11 is 5.80. The maximum absolute atomic E-state index is 12.4. The van der Waals surface area contributed by atoms with Crippen LogP contribution in [-0.4, -0.2) is 43.0 Å². The fourth-order valence-electron chi connectivity index (χ4n) is 3.16. The highest BCUT2D eigenvalue weighted by Crippen LogP contribution is 2.26. The summed E-state index contributed by atoms with van der Waals surface area (Å²) in [7, 11) is 0. The molecule has 0 aliphatic carbocycles. The van der Waals surface area contributed by atoms with E-state index in [1.807, 2.05) is 0 Å². The quantitative estimate of drug-likeness (QED) is 0.638. The molecule has 1 saturated heterocycles. The molecule has 1 aliphatic rings. The normalized spacial score (nSPS) is 15.6. The average Bonchev–Trinajstić information content (AvgIpc) is 3.15. The topological polar surface area (TPSA) is 102 Å². The van der Waals surface area contributed by atoms with Crippen molar-refractivity contribution in [2.75, 3.05) is 23.4 Å². The SMILES string of the molecule is CC(C)OC(=O)c1ccc(N2C[C@@H](C(=O)OCC(=O)Nc3ccc(Cl)cc3)CC2=O)cc1. The van der Waals surface area contributed by atoms with Crippen molar-refractivity contribution in [3.8, 4) is 0 Å². The molecule has 8 nitrogen and oxygen atoms in total. The van der Waals surface area contributed by atoms with Gasteiger partial charge in [-0.3, -0.25) is 14.4 Å². The molecule has 2 aromatic carbocycles. The number of carbonyl (C=O) groups is 4. The summed E-state index contributed by atoms with van der Waals surface area (Å²) in [5, 5.41) is 3.13. The van der Waals surface area contributed by atoms with Gasteiger partial charge in [0.2, 0.25) is 5.91 Å². The number of hydrogen-bond donors (Lipinski definition) is 1. The Hall–Kier alpha value is -3.39. The van der Waals surface area contributed by atoms with Gasteiger partial charge in [-0.25, -0.2) is 4.79 Å². The number of benzene rings is 2. The minimum absolute atomic E-state index is 0.0191. The molecule has 3 rings (SSSR count). The minimum Gasteiger partial charge on any atom is -0.459 e. The number of ether oxygens (including phenoxy) is 2. The smallest absolute Gasteiger partial charge is 0.338 e. The van der Waals surface area contributed by atoms with Crippen molar-refractivity contribution in [3.63, 3.8) is 0 Å². The summed E-state index contributed by atoms with van der Waals surface area (Å²) < 4.78 is 10.2. The second-order valence-corrected chi connectivity index (χ2v) is 8.01. The molecule has 1 aliphatic heterocycles. The zero-order chi connectivity index (χ0) is 23.3. The van der Waals surface area contributed by atoms with Gasteiger partial charge in [-0.1, -0.05) is 11.6 Å². The van der Waals surface area contributed by atoms with Crippen LogP contribution in [0, 0.1) is 5.92 Å². The van der Waals surface area contributed by atoms with E-state index in [9.17, 15) is 19.2 Å². The Kier molecular flexibility index (Phi) is 7.48. The van der Waals surface area contributed by atoms with Gasteiger partial charge in [0.15, 0.2) is 6.61 Å². The molecule has 168 valence electrons. The van der Waals surface area contributed by atoms with Crippen LogP contribution in [0.2, 0.25) is 5.02 Å². The van der Waals surface area contributed by atoms with Crippen molar-refractivity contribution in [2.45, 2.75) is 26.4 Å². The Bertz CT molecular complexity index is 1000. The highest BCUT2D eigenvalue weighted by atomic mass is 35.5. The van der Waals surface area contributed by atoms with Crippen LogP contribution >= 0.6 is 11.6 Å². The number of carbonyl (C=O) groups excluding carboxylic acids is 4. The largest absolute Gasteiger partial charge is 0.459 e. The summed E-state index contributed by atoms with van der Waals surface area (Å²) in [6.07, 6.45) is -0.253. The van der Waals surface area contributed by atoms with Crippen molar-refractivity contribution in [1.29, 1.82) is 0 Å². The van der Waals surface area contributed by atoms with Gasteiger partial charge < -0.3 is 19.7 Å². The van der Waals surface area contributed by atoms with Crippen LogP contribution in [0.15, 0.2) is 48.5 Å². The average molecular weight is 459 g/mol. The number of amides is 2. The third-order valence-corrected chi connectivity index (χ3v) is 4.94. The fraction of sp³-hybridized carbons (Fsp3) is 0.304. The van der Waals surface area contributed by atoms with Gasteiger partial charge >= 0.3 is 11.9 Å². The number of esters is 2. The lowest BCUT2D eigenvalue weighted by molar-refractivity contribution is -0.151. The monoisotopic (exact) mass is 458 g/mol. The van der Waals surface area contributed by atoms with Crippen LogP contribution in [0.5, 0.6) is 0 Å². The highest BCUT2D eigenvalue weighted by Gasteiger charge is 2.36. The third kappa shape index (κ3) is 6.07. The maximum atomic E-state index is 12.4. The van der Waals surface area contributed by atoms with Gasteiger partial charge in [-0.05, 0) is 62.4 Å². The van der Waals surface area contributed by atoms with E-state index in [-0.39, 0.29) is 25.0 Å². The summed E-state index contributed by atoms with van der Waals surface area (Å²) in [6.45, 7) is 3.19. The Morgan fingerprint density at radius 2 is 1.75 bits per heavy atom. The van der Waals surface area contributed by atoms with Crippen LogP contribution in [0.4, 0.5) is 11.4 Å². The summed E-state index contributed by atoms with van der Waals surface area (Å²) in [4.78, 5) is 50.1. The van der Waals surface area contributed by atoms with Gasteiger partial charge in [0, 0.05) is 29.4 Å². The number of nitrogens with zero attached hydrogens (tertiary/aromatic N) is 1. The van der Waals surface area contributed by atoms with Crippen LogP contribution in [-0.2, 0) is 23.9 Å². The first-order chi connectivity index (χ1) is 15.2. The van der Waals surface area contributed by atoms with E-state index in [0.29, 0.717) is 22.0 Å². The second-order valence-electron chi connectivity index (χ2n) is 7.57. The van der Waals surface area contributed by atoms with Crippen LogP contribution in [0.1, 0.15) is 30.6 Å². The Balaban J connectivity index is 1.52. The lowest BCUT2D eigenvalue weighted by Crippen LogP contribution is -2.28. The molecule has 2 aromatic rings. The first kappa shape index (κ1) is 23.3. The van der Waals surface area contributed by atoms with Crippen LogP contribution in [0.25, 0.3) is 0 Å². The molecule has 0 radical (unpaired) electrons. The summed E-state index contributed by atoms with van der Waals surface area (Å²) in [6, 6.07) is 12.9. The molecule has 2 amide bonds. The predicted octanol–water partition coefficient (Wildman–Crippen LogP) is 3.44. The lowest BCUT2D eigenvalue weighted by Gasteiger charge is -2.17. The number of anilines is 2. The van der Waals surface area contributed by atoms with E-state index in [0.717, 1.165) is 0 Å². The van der Waals surface area contributed by atoms with E-state index < -0.39 is 30.4 Å². The molecule has 1 N–H and O–H groups in total. The standard InChI is InChI=1S/C23H23ClN2O6/c1-14(2)32-23(30)15-3-9-19(10-4-15)26-12-16(11-21(26)28)22(29)31-13-20(27)25-18-7-5-17(24)6-8-18/h3-10,14,16H,11-13H2,1-2H3,(H,25,27)/t16-/m0/s1. The van der Waals surface area contributed by atoms with Crippen molar-refractivity contribution >= 4 is 46.7 Å². The molecular formula is C23H23ClN2O6. The molecule has 0 bridgehead atoms. The Morgan fingerprint density at radius 3 is 2.38 bits per heavy atom. The van der Waals surface area contributed by atoms with Crippen LogP contribution < -0.4 is 10.2 Å². The maximum Gasteiger partial charge on any atom is 0.338 e. The third-order valence-electron chi connectivity index (χ3n) is 4.69. The molecule has 0 aromatic heterocycles. The van der Waals surface area contributed by atoms with Crippen molar-refractivity contribution in [3.05, 3.63) is 59.1 Å². The summed E-state index contributed by atoms with van der Waals surface area (Å²) in [5.41, 5.74) is 1.46. The molecule has 0 spiro atoms. The second kappa shape index (κ2) is 10.3. The number of halogens is 1. The zero-order valence-corrected chi connectivity index (χ0v) is 18.4. The van der Waals surface area contributed by atoms with E-state index >= 15 is 0 Å². The van der Waals surface area contributed by atoms with Crippen LogP contribution in [0.3, 0.4) is 0 Å². The molecular weight excluding hydrogens is 436 g/mol. The molecule has 0 saturated carbocycles. The zero-order valence-electron chi connectivity index (χ0n) is 17.7. The van der Waals surface area contributed by atoms with Gasteiger partial charge in [-0.2, -0.15) is 0 Å². The highest BCUT2D eigenvalue weighted by molar-refractivity contribution is 6.30. The first-order valence-electron chi connectivity index (χ1n) is 10.1. The minimum atomic E-state index is -0.684. The van der Waals surface area contributed by atoms with Gasteiger partial charge in [0.25, 0.3) is 5.91 Å². The summed E-state index contributed by atoms with van der Waals surface area (Å²) in [5.74, 6) is -2.49. The molecule has 9 heteroatoms. The first-order valence-corrected chi connectivity index (χ1v) is 10.4. The predicted molar refractivity (Wildman–Crippen MR) is 118 cm³/mol. The number of rotatable bonds is 7. The van der Waals surface area contributed by atoms with E-state index in [4.69, 9.17) is 21.1 Å². The van der Waals surface area contributed by atoms with E-state index in [1.54, 1.807) is 62.4 Å².